The minimum Gasteiger partial charge on any atom is -0.494 e. The quantitative estimate of drug-likeness (QED) is 0.222. The third-order valence-electron chi connectivity index (χ3n) is 5.53. The predicted molar refractivity (Wildman–Crippen MR) is 132 cm³/mol. The molecule has 1 amide bonds. The summed E-state index contributed by atoms with van der Waals surface area (Å²) in [5.74, 6) is 0.191. The van der Waals surface area contributed by atoms with Crippen LogP contribution in [0.15, 0.2) is 65.9 Å². The molecule has 10 nitrogen and oxygen atoms in total. The monoisotopic (exact) mass is 467 g/mol. The van der Waals surface area contributed by atoms with Gasteiger partial charge in [0, 0.05) is 65.1 Å². The Labute approximate surface area is 199 Å². The van der Waals surface area contributed by atoms with Crippen molar-refractivity contribution < 1.29 is 14.7 Å². The fourth-order valence-corrected chi connectivity index (χ4v) is 3.71. The number of aromatic hydroxyl groups is 1. The molecule has 0 saturated carbocycles. The van der Waals surface area contributed by atoms with E-state index >= 15 is 0 Å². The third-order valence-corrected chi connectivity index (χ3v) is 5.53. The van der Waals surface area contributed by atoms with Crippen LogP contribution in [0.4, 0.5) is 11.5 Å². The Morgan fingerprint density at radius 3 is 2.57 bits per heavy atom. The molecular formula is C25H21N7O3. The zero-order valence-electron chi connectivity index (χ0n) is 18.9. The minimum atomic E-state index is -0.339. The number of amides is 1. The molecule has 3 heterocycles. The number of H-pyrrole nitrogens is 2. The molecule has 5 aromatic rings. The molecule has 0 fully saturated rings. The van der Waals surface area contributed by atoms with Gasteiger partial charge in [-0.2, -0.15) is 5.10 Å². The number of benzene rings is 2. The molecule has 10 heteroatoms. The molecule has 0 spiro atoms. The van der Waals surface area contributed by atoms with E-state index in [1.807, 2.05) is 6.92 Å². The summed E-state index contributed by atoms with van der Waals surface area (Å²) < 4.78 is 1.62. The second-order valence-electron chi connectivity index (χ2n) is 8.04. The van der Waals surface area contributed by atoms with E-state index in [1.165, 1.54) is 6.21 Å². The van der Waals surface area contributed by atoms with Crippen LogP contribution in [0.5, 0.6) is 5.88 Å². The van der Waals surface area contributed by atoms with Gasteiger partial charge in [-0.1, -0.05) is 0 Å². The first-order valence-corrected chi connectivity index (χ1v) is 10.7. The van der Waals surface area contributed by atoms with Crippen LogP contribution in [0.2, 0.25) is 0 Å². The second-order valence-corrected chi connectivity index (χ2v) is 8.04. The number of aryl methyl sites for hydroxylation is 2. The summed E-state index contributed by atoms with van der Waals surface area (Å²) in [7, 11) is 1.74. The molecule has 0 aliphatic heterocycles. The lowest BCUT2D eigenvalue weighted by Crippen LogP contribution is -2.16. The molecule has 0 aliphatic rings. The molecule has 0 radical (unpaired) electrons. The summed E-state index contributed by atoms with van der Waals surface area (Å²) in [6.45, 7) is 1.87. The summed E-state index contributed by atoms with van der Waals surface area (Å²) in [5, 5.41) is 20.6. The number of aromatic amines is 2. The molecule has 0 atom stereocenters. The Balaban J connectivity index is 1.38. The molecule has 5 rings (SSSR count). The van der Waals surface area contributed by atoms with Crippen molar-refractivity contribution in [3.8, 4) is 5.88 Å². The van der Waals surface area contributed by atoms with Crippen LogP contribution in [0.1, 0.15) is 37.8 Å². The first-order valence-electron chi connectivity index (χ1n) is 10.7. The van der Waals surface area contributed by atoms with Gasteiger partial charge in [0.25, 0.3) is 5.91 Å². The Kier molecular flexibility index (Phi) is 5.46. The Morgan fingerprint density at radius 1 is 1.11 bits per heavy atom. The van der Waals surface area contributed by atoms with Crippen molar-refractivity contribution in [3.05, 3.63) is 89.1 Å². The molecular weight excluding hydrogens is 446 g/mol. The summed E-state index contributed by atoms with van der Waals surface area (Å²) in [4.78, 5) is 36.7. The van der Waals surface area contributed by atoms with Gasteiger partial charge in [-0.05, 0) is 49.4 Å². The van der Waals surface area contributed by atoms with Gasteiger partial charge in [-0.25, -0.2) is 9.98 Å². The third kappa shape index (κ3) is 4.32. The number of hydrogen-bond acceptors (Lipinski definition) is 6. The van der Waals surface area contributed by atoms with Crippen molar-refractivity contribution in [2.24, 2.45) is 12.0 Å². The summed E-state index contributed by atoms with van der Waals surface area (Å²) in [6, 6.07) is 13.5. The van der Waals surface area contributed by atoms with Crippen LogP contribution in [-0.2, 0) is 7.05 Å². The van der Waals surface area contributed by atoms with Crippen LogP contribution in [-0.4, -0.2) is 47.7 Å². The largest absolute Gasteiger partial charge is 0.494 e. The SMILES string of the molecule is Cc1cc(N=Cc2c(O)[nH]c3ccc(C(=O)c4ccc(NC(=O)c5nccn5C)cc4)cc23)n[nH]1. The zero-order valence-corrected chi connectivity index (χ0v) is 18.9. The van der Waals surface area contributed by atoms with Crippen molar-refractivity contribution in [2.75, 3.05) is 5.32 Å². The number of anilines is 1. The van der Waals surface area contributed by atoms with E-state index in [1.54, 1.807) is 72.5 Å². The van der Waals surface area contributed by atoms with E-state index in [-0.39, 0.29) is 23.4 Å². The maximum absolute atomic E-state index is 13.1. The predicted octanol–water partition coefficient (Wildman–Crippen LogP) is 3.87. The highest BCUT2D eigenvalue weighted by Crippen LogP contribution is 2.28. The molecule has 0 bridgehead atoms. The number of fused-ring (bicyclic) bond motifs is 1. The fourth-order valence-electron chi connectivity index (χ4n) is 3.71. The van der Waals surface area contributed by atoms with Gasteiger partial charge >= 0.3 is 0 Å². The highest BCUT2D eigenvalue weighted by atomic mass is 16.3. The van der Waals surface area contributed by atoms with Gasteiger partial charge in [0.15, 0.2) is 23.3 Å². The number of rotatable bonds is 6. The molecule has 3 aromatic heterocycles. The van der Waals surface area contributed by atoms with Crippen LogP contribution in [0, 0.1) is 6.92 Å². The second kappa shape index (κ2) is 8.75. The lowest BCUT2D eigenvalue weighted by atomic mass is 10.0. The van der Waals surface area contributed by atoms with Gasteiger partial charge < -0.3 is 20.0 Å². The van der Waals surface area contributed by atoms with E-state index in [0.29, 0.717) is 39.1 Å². The fraction of sp³-hybridized carbons (Fsp3) is 0.0800. The number of aliphatic imine (C=N–C) groups is 1. The van der Waals surface area contributed by atoms with Crippen LogP contribution in [0.3, 0.4) is 0 Å². The van der Waals surface area contributed by atoms with Crippen LogP contribution < -0.4 is 5.32 Å². The van der Waals surface area contributed by atoms with Gasteiger partial charge in [0.2, 0.25) is 0 Å². The standard InChI is InChI=1S/C25H21N7O3/c1-14-11-21(31-30-14)27-13-19-18-12-16(5-8-20(18)29-24(19)34)22(33)15-3-6-17(7-4-15)28-25(35)23-26-9-10-32(23)2/h3-13,29,34H,1-2H3,(H,28,35)(H,30,31). The van der Waals surface area contributed by atoms with Crippen molar-refractivity contribution in [1.82, 2.24) is 24.7 Å². The average molecular weight is 467 g/mol. The van der Waals surface area contributed by atoms with Gasteiger partial charge in [-0.15, -0.1) is 0 Å². The normalized spacial score (nSPS) is 11.4. The number of carbonyl (C=O) groups excluding carboxylic acids is 2. The Bertz CT molecular complexity index is 1590. The topological polar surface area (TPSA) is 141 Å². The first kappa shape index (κ1) is 21.8. The highest BCUT2D eigenvalue weighted by Gasteiger charge is 2.15. The van der Waals surface area contributed by atoms with E-state index in [2.05, 4.69) is 30.5 Å². The van der Waals surface area contributed by atoms with Gasteiger partial charge in [0.05, 0.1) is 5.56 Å². The molecule has 35 heavy (non-hydrogen) atoms. The van der Waals surface area contributed by atoms with Crippen LogP contribution >= 0.6 is 0 Å². The number of nitrogens with one attached hydrogen (secondary N) is 3. The van der Waals surface area contributed by atoms with Crippen molar-refractivity contribution in [1.29, 1.82) is 0 Å². The zero-order chi connectivity index (χ0) is 24.5. The molecule has 174 valence electrons. The van der Waals surface area contributed by atoms with E-state index in [4.69, 9.17) is 0 Å². The molecule has 0 saturated heterocycles. The van der Waals surface area contributed by atoms with Crippen molar-refractivity contribution >= 4 is 40.3 Å². The van der Waals surface area contributed by atoms with Crippen LogP contribution in [0.25, 0.3) is 10.9 Å². The van der Waals surface area contributed by atoms with Gasteiger partial charge in [0.1, 0.15) is 0 Å². The number of carbonyl (C=O) groups is 2. The Morgan fingerprint density at radius 2 is 1.89 bits per heavy atom. The summed E-state index contributed by atoms with van der Waals surface area (Å²) in [5.41, 5.74) is 3.46. The molecule has 4 N–H and O–H groups in total. The lowest BCUT2D eigenvalue weighted by Gasteiger charge is -2.07. The summed E-state index contributed by atoms with van der Waals surface area (Å²) >= 11 is 0. The average Bonchev–Trinajstić information content (AvgIpc) is 3.55. The van der Waals surface area contributed by atoms with Crippen molar-refractivity contribution in [3.63, 3.8) is 0 Å². The highest BCUT2D eigenvalue weighted by molar-refractivity contribution is 6.12. The number of ketones is 1. The maximum Gasteiger partial charge on any atom is 0.291 e. The lowest BCUT2D eigenvalue weighted by molar-refractivity contribution is 0.101. The van der Waals surface area contributed by atoms with Crippen molar-refractivity contribution in [2.45, 2.75) is 6.92 Å². The first-order chi connectivity index (χ1) is 16.9. The molecule has 0 aliphatic carbocycles. The smallest absolute Gasteiger partial charge is 0.291 e. The number of imidazole rings is 1. The number of aromatic nitrogens is 5. The van der Waals surface area contributed by atoms with E-state index in [9.17, 15) is 14.7 Å². The minimum absolute atomic E-state index is 0.0478. The number of hydrogen-bond donors (Lipinski definition) is 4. The maximum atomic E-state index is 13.1. The molecule has 0 unspecified atom stereocenters. The van der Waals surface area contributed by atoms with E-state index < -0.39 is 0 Å². The number of nitrogens with zero attached hydrogens (tertiary/aromatic N) is 4. The Hall–Kier alpha value is -4.99. The molecule has 2 aromatic carbocycles. The van der Waals surface area contributed by atoms with E-state index in [0.717, 1.165) is 5.69 Å². The van der Waals surface area contributed by atoms with Gasteiger partial charge in [-0.3, -0.25) is 14.7 Å². The summed E-state index contributed by atoms with van der Waals surface area (Å²) in [6.07, 6.45) is 4.75.